The number of fused-ring (bicyclic) bond motifs is 3. The number of piperidine rings is 1. The minimum atomic E-state index is -0.0706. The Morgan fingerprint density at radius 2 is 1.88 bits per heavy atom. The lowest BCUT2D eigenvalue weighted by Gasteiger charge is -2.44. The first-order chi connectivity index (χ1) is 15.7. The predicted molar refractivity (Wildman–Crippen MR) is 128 cm³/mol. The Morgan fingerprint density at radius 1 is 1.12 bits per heavy atom. The molecule has 5 rings (SSSR count). The van der Waals surface area contributed by atoms with Crippen LogP contribution in [-0.4, -0.2) is 41.6 Å². The maximum atomic E-state index is 12.4. The molecule has 5 nitrogen and oxygen atoms in total. The van der Waals surface area contributed by atoms with Gasteiger partial charge in [0.1, 0.15) is 0 Å². The van der Waals surface area contributed by atoms with Crippen LogP contribution in [0.4, 0.5) is 0 Å². The van der Waals surface area contributed by atoms with Crippen LogP contribution < -0.4 is 5.32 Å². The van der Waals surface area contributed by atoms with Crippen molar-refractivity contribution >= 4 is 16.8 Å². The molecular formula is C27H33N3O2. The zero-order valence-electron chi connectivity index (χ0n) is 19.1. The predicted octanol–water partition coefficient (Wildman–Crippen LogP) is 4.69. The van der Waals surface area contributed by atoms with Gasteiger partial charge in [0.2, 0.25) is 5.91 Å². The maximum absolute atomic E-state index is 12.4. The lowest BCUT2D eigenvalue weighted by molar-refractivity contribution is -0.123. The van der Waals surface area contributed by atoms with Gasteiger partial charge >= 0.3 is 0 Å². The summed E-state index contributed by atoms with van der Waals surface area (Å²) in [5.74, 6) is 0.0864. The number of nitrogens with one attached hydrogen (secondary N) is 2. The van der Waals surface area contributed by atoms with E-state index in [1.54, 1.807) is 0 Å². The molecule has 2 aliphatic rings. The highest BCUT2D eigenvalue weighted by Gasteiger charge is 2.54. The molecule has 0 unspecified atom stereocenters. The molecular weight excluding hydrogens is 398 g/mol. The van der Waals surface area contributed by atoms with E-state index in [4.69, 9.17) is 4.74 Å². The third-order valence-electron chi connectivity index (χ3n) is 7.48. The van der Waals surface area contributed by atoms with Crippen molar-refractivity contribution in [1.82, 2.24) is 15.2 Å². The van der Waals surface area contributed by atoms with Gasteiger partial charge in [-0.05, 0) is 55.6 Å². The number of para-hydroxylation sites is 1. The van der Waals surface area contributed by atoms with Gasteiger partial charge in [-0.25, -0.2) is 0 Å². The number of likely N-dealkylation sites (tertiary alicyclic amines) is 1. The minimum absolute atomic E-state index is 0.0179. The summed E-state index contributed by atoms with van der Waals surface area (Å²) < 4.78 is 6.40. The summed E-state index contributed by atoms with van der Waals surface area (Å²) in [6.07, 6.45) is 4.70. The molecule has 32 heavy (non-hydrogen) atoms. The molecule has 2 atom stereocenters. The number of carbonyl (C=O) groups is 1. The Bertz CT molecular complexity index is 1100. The number of amides is 1. The summed E-state index contributed by atoms with van der Waals surface area (Å²) in [5, 5.41) is 4.59. The summed E-state index contributed by atoms with van der Waals surface area (Å²) >= 11 is 0. The molecule has 3 aromatic rings. The second kappa shape index (κ2) is 8.72. The van der Waals surface area contributed by atoms with E-state index >= 15 is 0 Å². The van der Waals surface area contributed by atoms with Crippen LogP contribution in [0.25, 0.3) is 10.9 Å². The van der Waals surface area contributed by atoms with Crippen molar-refractivity contribution in [2.24, 2.45) is 0 Å². The van der Waals surface area contributed by atoms with E-state index in [0.29, 0.717) is 13.0 Å². The van der Waals surface area contributed by atoms with Crippen molar-refractivity contribution in [2.45, 2.75) is 57.2 Å². The molecule has 1 spiro atoms. The van der Waals surface area contributed by atoms with Crippen LogP contribution >= 0.6 is 0 Å². The number of hydrogen-bond acceptors (Lipinski definition) is 3. The number of benzene rings is 2. The van der Waals surface area contributed by atoms with E-state index in [9.17, 15) is 4.79 Å². The van der Waals surface area contributed by atoms with E-state index in [0.717, 1.165) is 32.5 Å². The molecule has 0 bridgehead atoms. The van der Waals surface area contributed by atoms with Gasteiger partial charge in [-0.3, -0.25) is 9.69 Å². The van der Waals surface area contributed by atoms with Crippen molar-refractivity contribution in [3.05, 3.63) is 71.4 Å². The smallest absolute Gasteiger partial charge is 0.220 e. The third kappa shape index (κ3) is 3.54. The molecule has 0 radical (unpaired) electrons. The van der Waals surface area contributed by atoms with Gasteiger partial charge in [0.15, 0.2) is 0 Å². The number of ether oxygens (including phenoxy) is 1. The summed E-state index contributed by atoms with van der Waals surface area (Å²) in [7, 11) is 0. The van der Waals surface area contributed by atoms with Crippen molar-refractivity contribution in [2.75, 3.05) is 19.7 Å². The van der Waals surface area contributed by atoms with E-state index in [1.807, 2.05) is 6.92 Å². The summed E-state index contributed by atoms with van der Waals surface area (Å²) in [5.41, 5.74) is 5.11. The van der Waals surface area contributed by atoms with Crippen LogP contribution in [0.5, 0.6) is 0 Å². The lowest BCUT2D eigenvalue weighted by atomic mass is 9.71. The monoisotopic (exact) mass is 431 g/mol. The molecule has 2 aromatic carbocycles. The van der Waals surface area contributed by atoms with Crippen LogP contribution in [0.15, 0.2) is 54.7 Å². The number of aromatic nitrogens is 1. The molecule has 1 aliphatic heterocycles. The standard InChI is InChI=1S/C27H33N3O2/c1-3-24(31)29-25-21-10-5-7-11-22(21)27(26(25)32-4-2)13-15-30(16-14-27)18-19-17-28-23-12-8-6-9-20(19)23/h5-12,17,25-26,28H,3-4,13-16,18H2,1-2H3,(H,29,31)/t25-,26+/m0/s1. The van der Waals surface area contributed by atoms with E-state index < -0.39 is 0 Å². The van der Waals surface area contributed by atoms with Crippen LogP contribution in [0.2, 0.25) is 0 Å². The number of H-pyrrole nitrogens is 1. The van der Waals surface area contributed by atoms with Crippen LogP contribution in [0, 0.1) is 0 Å². The second-order valence-electron chi connectivity index (χ2n) is 9.15. The number of aromatic amines is 1. The normalized spacial score (nSPS) is 22.3. The number of rotatable bonds is 6. The average Bonchev–Trinajstić information content (AvgIpc) is 3.34. The van der Waals surface area contributed by atoms with Crippen LogP contribution in [0.1, 0.15) is 55.8 Å². The molecule has 1 fully saturated rings. The highest BCUT2D eigenvalue weighted by molar-refractivity contribution is 5.83. The largest absolute Gasteiger partial charge is 0.375 e. The number of hydrogen-bond donors (Lipinski definition) is 2. The zero-order chi connectivity index (χ0) is 22.1. The maximum Gasteiger partial charge on any atom is 0.220 e. The van der Waals surface area contributed by atoms with Gasteiger partial charge in [0.05, 0.1) is 12.1 Å². The molecule has 2 N–H and O–H groups in total. The van der Waals surface area contributed by atoms with E-state index in [2.05, 4.69) is 76.9 Å². The van der Waals surface area contributed by atoms with E-state index in [1.165, 1.54) is 27.6 Å². The Hall–Kier alpha value is -2.63. The van der Waals surface area contributed by atoms with Gasteiger partial charge in [-0.1, -0.05) is 49.4 Å². The van der Waals surface area contributed by atoms with Gasteiger partial charge in [-0.2, -0.15) is 0 Å². The molecule has 1 aliphatic carbocycles. The summed E-state index contributed by atoms with van der Waals surface area (Å²) in [6.45, 7) is 7.61. The van der Waals surface area contributed by atoms with Crippen molar-refractivity contribution < 1.29 is 9.53 Å². The molecule has 1 amide bonds. The van der Waals surface area contributed by atoms with Gasteiger partial charge in [0, 0.05) is 42.1 Å². The Kier molecular flexibility index (Phi) is 5.78. The fraction of sp³-hybridized carbons (Fsp3) is 0.444. The molecule has 1 aromatic heterocycles. The number of carbonyl (C=O) groups excluding carboxylic acids is 1. The lowest BCUT2D eigenvalue weighted by Crippen LogP contribution is -2.50. The first-order valence-corrected chi connectivity index (χ1v) is 11.9. The fourth-order valence-corrected chi connectivity index (χ4v) is 5.89. The topological polar surface area (TPSA) is 57.4 Å². The van der Waals surface area contributed by atoms with E-state index in [-0.39, 0.29) is 23.5 Å². The highest BCUT2D eigenvalue weighted by atomic mass is 16.5. The van der Waals surface area contributed by atoms with Gasteiger partial charge < -0.3 is 15.0 Å². The second-order valence-corrected chi connectivity index (χ2v) is 9.15. The molecule has 5 heteroatoms. The quantitative estimate of drug-likeness (QED) is 0.595. The van der Waals surface area contributed by atoms with Crippen molar-refractivity contribution in [3.63, 3.8) is 0 Å². The van der Waals surface area contributed by atoms with Gasteiger partial charge in [-0.15, -0.1) is 0 Å². The highest BCUT2D eigenvalue weighted by Crippen LogP contribution is 2.52. The molecule has 0 saturated carbocycles. The first-order valence-electron chi connectivity index (χ1n) is 11.9. The number of nitrogens with zero attached hydrogens (tertiary/aromatic N) is 1. The van der Waals surface area contributed by atoms with Crippen molar-refractivity contribution in [3.8, 4) is 0 Å². The first kappa shape index (κ1) is 21.2. The third-order valence-corrected chi connectivity index (χ3v) is 7.48. The molecule has 1 saturated heterocycles. The average molecular weight is 432 g/mol. The molecule has 2 heterocycles. The Balaban J connectivity index is 1.39. The fourth-order valence-electron chi connectivity index (χ4n) is 5.89. The summed E-state index contributed by atoms with van der Waals surface area (Å²) in [6, 6.07) is 17.1. The van der Waals surface area contributed by atoms with Crippen molar-refractivity contribution in [1.29, 1.82) is 0 Å². The van der Waals surface area contributed by atoms with Crippen LogP contribution in [0.3, 0.4) is 0 Å². The Labute approximate surface area is 190 Å². The summed E-state index contributed by atoms with van der Waals surface area (Å²) in [4.78, 5) is 18.3. The zero-order valence-corrected chi connectivity index (χ0v) is 19.1. The van der Waals surface area contributed by atoms with Crippen LogP contribution in [-0.2, 0) is 21.5 Å². The SMILES string of the molecule is CCO[C@@H]1[C@@H](NC(=O)CC)c2ccccc2C12CCN(Cc1c[nH]c3ccccc13)CC2. The van der Waals surface area contributed by atoms with Gasteiger partial charge in [0.25, 0.3) is 0 Å². The Morgan fingerprint density at radius 3 is 2.66 bits per heavy atom. The minimum Gasteiger partial charge on any atom is -0.375 e. The molecule has 168 valence electrons.